The first-order chi connectivity index (χ1) is 7.78. The van der Waals surface area contributed by atoms with E-state index in [0.717, 1.165) is 37.3 Å². The summed E-state index contributed by atoms with van der Waals surface area (Å²) in [5.41, 5.74) is 0. The number of rotatable bonds is 4. The van der Waals surface area contributed by atoms with Crippen LogP contribution in [-0.2, 0) is 0 Å². The second-order valence-electron chi connectivity index (χ2n) is 5.88. The Hall–Kier alpha value is -0.0800. The third-order valence-electron chi connectivity index (χ3n) is 4.57. The number of hydrogen-bond donors (Lipinski definition) is 2. The highest BCUT2D eigenvalue weighted by atomic mass is 16.3. The van der Waals surface area contributed by atoms with E-state index in [1.807, 2.05) is 0 Å². The SMILES string of the molecule is CCC1CCCC(NCC2CC(O)C2)CC1. The summed E-state index contributed by atoms with van der Waals surface area (Å²) in [7, 11) is 0. The van der Waals surface area contributed by atoms with Crippen molar-refractivity contribution in [3.63, 3.8) is 0 Å². The van der Waals surface area contributed by atoms with Gasteiger partial charge in [0, 0.05) is 6.04 Å². The Balaban J connectivity index is 1.62. The van der Waals surface area contributed by atoms with Gasteiger partial charge in [0.25, 0.3) is 0 Å². The smallest absolute Gasteiger partial charge is 0.0546 e. The topological polar surface area (TPSA) is 32.3 Å². The van der Waals surface area contributed by atoms with E-state index in [1.165, 1.54) is 38.5 Å². The summed E-state index contributed by atoms with van der Waals surface area (Å²) in [6.45, 7) is 3.46. The molecular weight excluding hydrogens is 198 g/mol. The molecule has 2 aliphatic carbocycles. The molecule has 2 aliphatic rings. The molecule has 0 bridgehead atoms. The maximum absolute atomic E-state index is 9.24. The van der Waals surface area contributed by atoms with Gasteiger partial charge in [0.05, 0.1) is 6.10 Å². The Labute approximate surface area is 99.8 Å². The third-order valence-corrected chi connectivity index (χ3v) is 4.57. The minimum absolute atomic E-state index is 0.00501. The third kappa shape index (κ3) is 3.46. The predicted octanol–water partition coefficient (Wildman–Crippen LogP) is 2.71. The molecule has 0 aromatic carbocycles. The summed E-state index contributed by atoms with van der Waals surface area (Å²) >= 11 is 0. The lowest BCUT2D eigenvalue weighted by Crippen LogP contribution is -2.40. The molecule has 2 nitrogen and oxygen atoms in total. The number of nitrogens with one attached hydrogen (secondary N) is 1. The first-order valence-corrected chi connectivity index (χ1v) is 7.19. The van der Waals surface area contributed by atoms with Gasteiger partial charge in [-0.2, -0.15) is 0 Å². The van der Waals surface area contributed by atoms with Crippen molar-refractivity contribution >= 4 is 0 Å². The molecule has 0 spiro atoms. The Morgan fingerprint density at radius 3 is 2.56 bits per heavy atom. The molecule has 16 heavy (non-hydrogen) atoms. The van der Waals surface area contributed by atoms with E-state index in [1.54, 1.807) is 0 Å². The van der Waals surface area contributed by atoms with E-state index in [0.29, 0.717) is 0 Å². The average molecular weight is 225 g/mol. The fraction of sp³-hybridized carbons (Fsp3) is 1.00. The normalized spacial score (nSPS) is 40.1. The lowest BCUT2D eigenvalue weighted by Gasteiger charge is -2.32. The largest absolute Gasteiger partial charge is 0.393 e. The molecule has 0 aromatic rings. The Kier molecular flexibility index (Phi) is 4.66. The first kappa shape index (κ1) is 12.4. The second-order valence-corrected chi connectivity index (χ2v) is 5.88. The van der Waals surface area contributed by atoms with Gasteiger partial charge in [-0.3, -0.25) is 0 Å². The molecule has 2 unspecified atom stereocenters. The van der Waals surface area contributed by atoms with E-state index in [2.05, 4.69) is 12.2 Å². The van der Waals surface area contributed by atoms with Crippen LogP contribution in [-0.4, -0.2) is 23.8 Å². The van der Waals surface area contributed by atoms with Crippen LogP contribution in [0.1, 0.15) is 58.3 Å². The van der Waals surface area contributed by atoms with Gasteiger partial charge >= 0.3 is 0 Å². The first-order valence-electron chi connectivity index (χ1n) is 7.19. The van der Waals surface area contributed by atoms with Crippen molar-refractivity contribution < 1.29 is 5.11 Å². The van der Waals surface area contributed by atoms with Crippen LogP contribution in [0.25, 0.3) is 0 Å². The van der Waals surface area contributed by atoms with E-state index in [9.17, 15) is 5.11 Å². The highest BCUT2D eigenvalue weighted by Gasteiger charge is 2.27. The van der Waals surface area contributed by atoms with Crippen LogP contribution in [0.15, 0.2) is 0 Å². The van der Waals surface area contributed by atoms with Gasteiger partial charge < -0.3 is 10.4 Å². The summed E-state index contributed by atoms with van der Waals surface area (Å²) < 4.78 is 0. The van der Waals surface area contributed by atoms with Crippen LogP contribution < -0.4 is 5.32 Å². The maximum atomic E-state index is 9.24. The van der Waals surface area contributed by atoms with Crippen LogP contribution >= 0.6 is 0 Å². The number of aliphatic hydroxyl groups excluding tert-OH is 1. The Morgan fingerprint density at radius 1 is 1.06 bits per heavy atom. The molecule has 0 saturated heterocycles. The van der Waals surface area contributed by atoms with Gasteiger partial charge in [-0.05, 0) is 50.5 Å². The monoisotopic (exact) mass is 225 g/mol. The minimum atomic E-state index is 0.00501. The van der Waals surface area contributed by atoms with Gasteiger partial charge in [0.15, 0.2) is 0 Å². The van der Waals surface area contributed by atoms with Crippen molar-refractivity contribution in [2.24, 2.45) is 11.8 Å². The summed E-state index contributed by atoms with van der Waals surface area (Å²) in [4.78, 5) is 0. The van der Waals surface area contributed by atoms with Gasteiger partial charge in [0.1, 0.15) is 0 Å². The molecule has 2 rings (SSSR count). The summed E-state index contributed by atoms with van der Waals surface area (Å²) in [6, 6.07) is 0.759. The molecule has 2 N–H and O–H groups in total. The van der Waals surface area contributed by atoms with Crippen LogP contribution in [0.3, 0.4) is 0 Å². The molecule has 2 atom stereocenters. The Morgan fingerprint density at radius 2 is 1.88 bits per heavy atom. The second kappa shape index (κ2) is 6.02. The predicted molar refractivity (Wildman–Crippen MR) is 67.4 cm³/mol. The van der Waals surface area contributed by atoms with Gasteiger partial charge in [-0.15, -0.1) is 0 Å². The summed E-state index contributed by atoms with van der Waals surface area (Å²) in [5.74, 6) is 1.73. The van der Waals surface area contributed by atoms with Crippen molar-refractivity contribution in [3.05, 3.63) is 0 Å². The molecule has 94 valence electrons. The average Bonchev–Trinajstić information content (AvgIpc) is 2.47. The zero-order valence-corrected chi connectivity index (χ0v) is 10.6. The fourth-order valence-electron chi connectivity index (χ4n) is 3.19. The highest BCUT2D eigenvalue weighted by molar-refractivity contribution is 4.82. The van der Waals surface area contributed by atoms with Crippen molar-refractivity contribution in [1.29, 1.82) is 0 Å². The van der Waals surface area contributed by atoms with Crippen LogP contribution in [0.4, 0.5) is 0 Å². The van der Waals surface area contributed by atoms with E-state index >= 15 is 0 Å². The number of hydrogen-bond acceptors (Lipinski definition) is 2. The van der Waals surface area contributed by atoms with E-state index in [4.69, 9.17) is 0 Å². The molecule has 0 amide bonds. The molecule has 0 aromatic heterocycles. The standard InChI is InChI=1S/C14H27NO/c1-2-11-4-3-5-13(7-6-11)15-10-12-8-14(16)9-12/h11-16H,2-10H2,1H3. The zero-order valence-electron chi connectivity index (χ0n) is 10.6. The van der Waals surface area contributed by atoms with Crippen LogP contribution in [0.5, 0.6) is 0 Å². The lowest BCUT2D eigenvalue weighted by atomic mass is 9.82. The van der Waals surface area contributed by atoms with Crippen molar-refractivity contribution in [3.8, 4) is 0 Å². The summed E-state index contributed by atoms with van der Waals surface area (Å²) in [6.07, 6.45) is 10.4. The number of aliphatic hydroxyl groups is 1. The molecule has 2 fully saturated rings. The van der Waals surface area contributed by atoms with Crippen molar-refractivity contribution in [1.82, 2.24) is 5.32 Å². The van der Waals surface area contributed by atoms with Gasteiger partial charge in [-0.1, -0.05) is 26.2 Å². The van der Waals surface area contributed by atoms with E-state index in [-0.39, 0.29) is 6.10 Å². The fourth-order valence-corrected chi connectivity index (χ4v) is 3.19. The highest BCUT2D eigenvalue weighted by Crippen LogP contribution is 2.28. The molecule has 0 heterocycles. The minimum Gasteiger partial charge on any atom is -0.393 e. The summed E-state index contributed by atoms with van der Waals surface area (Å²) in [5, 5.41) is 13.0. The van der Waals surface area contributed by atoms with Crippen molar-refractivity contribution in [2.45, 2.75) is 70.4 Å². The zero-order chi connectivity index (χ0) is 11.4. The Bertz CT molecular complexity index is 201. The molecule has 0 aliphatic heterocycles. The molecule has 2 heteroatoms. The quantitative estimate of drug-likeness (QED) is 0.721. The lowest BCUT2D eigenvalue weighted by molar-refractivity contribution is 0.0416. The molecule has 2 saturated carbocycles. The van der Waals surface area contributed by atoms with Gasteiger partial charge in [0.2, 0.25) is 0 Å². The molecular formula is C14H27NO. The van der Waals surface area contributed by atoms with Crippen LogP contribution in [0.2, 0.25) is 0 Å². The van der Waals surface area contributed by atoms with Crippen LogP contribution in [0, 0.1) is 11.8 Å². The maximum Gasteiger partial charge on any atom is 0.0546 e. The van der Waals surface area contributed by atoms with E-state index < -0.39 is 0 Å². The van der Waals surface area contributed by atoms with Crippen molar-refractivity contribution in [2.75, 3.05) is 6.54 Å². The molecule has 0 radical (unpaired) electrons. The van der Waals surface area contributed by atoms with Gasteiger partial charge in [-0.25, -0.2) is 0 Å².